The fraction of sp³-hybridized carbons (Fsp3) is 0.182. The van der Waals surface area contributed by atoms with E-state index >= 15 is 0 Å². The SMILES string of the molecule is OCCCNC(c1ccc(F)cc1)(c1ccc(F)cc1)c1ccc(F)cc1. The molecule has 0 aliphatic carbocycles. The van der Waals surface area contributed by atoms with Crippen LogP contribution in [0, 0.1) is 17.5 Å². The van der Waals surface area contributed by atoms with Crippen LogP contribution in [0.4, 0.5) is 13.2 Å². The van der Waals surface area contributed by atoms with Crippen molar-refractivity contribution in [3.8, 4) is 0 Å². The Morgan fingerprint density at radius 1 is 0.630 bits per heavy atom. The van der Waals surface area contributed by atoms with Crippen molar-refractivity contribution in [2.45, 2.75) is 12.0 Å². The molecule has 0 aliphatic heterocycles. The van der Waals surface area contributed by atoms with E-state index in [2.05, 4.69) is 5.32 Å². The molecule has 0 aliphatic rings. The highest BCUT2D eigenvalue weighted by molar-refractivity contribution is 5.49. The standard InChI is InChI=1S/C22H20F3NO/c23-19-8-2-16(3-9-19)22(26-14-1-15-27,17-4-10-20(24)11-5-17)18-6-12-21(25)13-7-18/h2-13,26-27H,1,14-15H2. The average molecular weight is 371 g/mol. The van der Waals surface area contributed by atoms with Crippen molar-refractivity contribution in [3.63, 3.8) is 0 Å². The highest BCUT2D eigenvalue weighted by Gasteiger charge is 2.36. The number of hydrogen-bond donors (Lipinski definition) is 2. The number of rotatable bonds is 7. The molecule has 27 heavy (non-hydrogen) atoms. The Morgan fingerprint density at radius 2 is 0.963 bits per heavy atom. The second-order valence-corrected chi connectivity index (χ2v) is 6.27. The first-order valence-corrected chi connectivity index (χ1v) is 8.70. The molecule has 0 radical (unpaired) electrons. The number of aliphatic hydroxyl groups excluding tert-OH is 1. The zero-order chi connectivity index (χ0) is 19.3. The quantitative estimate of drug-likeness (QED) is 0.478. The van der Waals surface area contributed by atoms with Gasteiger partial charge in [-0.1, -0.05) is 36.4 Å². The number of hydrogen-bond acceptors (Lipinski definition) is 2. The first-order chi connectivity index (χ1) is 13.1. The fourth-order valence-corrected chi connectivity index (χ4v) is 3.26. The van der Waals surface area contributed by atoms with Crippen molar-refractivity contribution in [1.29, 1.82) is 0 Å². The van der Waals surface area contributed by atoms with E-state index in [0.717, 1.165) is 16.7 Å². The fourth-order valence-electron chi connectivity index (χ4n) is 3.26. The van der Waals surface area contributed by atoms with E-state index in [1.807, 2.05) is 0 Å². The van der Waals surface area contributed by atoms with Gasteiger partial charge in [-0.3, -0.25) is 5.32 Å². The molecule has 0 atom stereocenters. The predicted molar refractivity (Wildman–Crippen MR) is 98.8 cm³/mol. The zero-order valence-electron chi connectivity index (χ0n) is 14.6. The van der Waals surface area contributed by atoms with Crippen LogP contribution in [0.5, 0.6) is 0 Å². The summed E-state index contributed by atoms with van der Waals surface area (Å²) in [7, 11) is 0. The maximum atomic E-state index is 13.5. The van der Waals surface area contributed by atoms with Gasteiger partial charge in [-0.25, -0.2) is 13.2 Å². The van der Waals surface area contributed by atoms with Gasteiger partial charge in [0.2, 0.25) is 0 Å². The number of aliphatic hydroxyl groups is 1. The van der Waals surface area contributed by atoms with Gasteiger partial charge in [0.15, 0.2) is 0 Å². The van der Waals surface area contributed by atoms with Gasteiger partial charge in [0.05, 0.1) is 5.54 Å². The van der Waals surface area contributed by atoms with Crippen molar-refractivity contribution in [2.24, 2.45) is 0 Å². The maximum absolute atomic E-state index is 13.5. The Hall–Kier alpha value is -2.63. The molecule has 2 nitrogen and oxygen atoms in total. The summed E-state index contributed by atoms with van der Waals surface area (Å²) < 4.78 is 40.6. The van der Waals surface area contributed by atoms with Crippen LogP contribution in [-0.2, 0) is 5.54 Å². The van der Waals surface area contributed by atoms with E-state index in [1.54, 1.807) is 36.4 Å². The molecule has 0 spiro atoms. The molecule has 0 saturated heterocycles. The summed E-state index contributed by atoms with van der Waals surface area (Å²) in [4.78, 5) is 0. The second kappa shape index (κ2) is 8.37. The largest absolute Gasteiger partial charge is 0.396 e. The minimum Gasteiger partial charge on any atom is -0.396 e. The second-order valence-electron chi connectivity index (χ2n) is 6.27. The van der Waals surface area contributed by atoms with Gasteiger partial charge in [-0.2, -0.15) is 0 Å². The Morgan fingerprint density at radius 3 is 1.26 bits per heavy atom. The summed E-state index contributed by atoms with van der Waals surface area (Å²) in [5, 5.41) is 12.6. The van der Waals surface area contributed by atoms with Crippen LogP contribution in [0.3, 0.4) is 0 Å². The van der Waals surface area contributed by atoms with Crippen LogP contribution >= 0.6 is 0 Å². The molecule has 0 unspecified atom stereocenters. The first-order valence-electron chi connectivity index (χ1n) is 8.70. The normalized spacial score (nSPS) is 11.6. The lowest BCUT2D eigenvalue weighted by Gasteiger charge is -2.37. The lowest BCUT2D eigenvalue weighted by molar-refractivity contribution is 0.280. The van der Waals surface area contributed by atoms with Crippen molar-refractivity contribution < 1.29 is 18.3 Å². The highest BCUT2D eigenvalue weighted by atomic mass is 19.1. The molecule has 0 aromatic heterocycles. The average Bonchev–Trinajstić information content (AvgIpc) is 2.68. The van der Waals surface area contributed by atoms with E-state index in [0.29, 0.717) is 13.0 Å². The summed E-state index contributed by atoms with van der Waals surface area (Å²) >= 11 is 0. The first kappa shape index (κ1) is 19.1. The van der Waals surface area contributed by atoms with Gasteiger partial charge in [0.1, 0.15) is 17.5 Å². The van der Waals surface area contributed by atoms with E-state index in [9.17, 15) is 18.3 Å². The van der Waals surface area contributed by atoms with Crippen molar-refractivity contribution in [1.82, 2.24) is 5.32 Å². The molecular weight excluding hydrogens is 351 g/mol. The summed E-state index contributed by atoms with van der Waals surface area (Å²) in [5.41, 5.74) is 1.21. The van der Waals surface area contributed by atoms with E-state index < -0.39 is 5.54 Å². The van der Waals surface area contributed by atoms with Crippen LogP contribution in [0.25, 0.3) is 0 Å². The number of nitrogens with one attached hydrogen (secondary N) is 1. The van der Waals surface area contributed by atoms with Gasteiger partial charge in [0, 0.05) is 6.61 Å². The molecule has 3 aromatic carbocycles. The third kappa shape index (κ3) is 4.04. The van der Waals surface area contributed by atoms with E-state index in [-0.39, 0.29) is 24.1 Å². The lowest BCUT2D eigenvalue weighted by Crippen LogP contribution is -2.45. The van der Waals surface area contributed by atoms with Gasteiger partial charge in [0.25, 0.3) is 0 Å². The summed E-state index contributed by atoms with van der Waals surface area (Å²) in [6.07, 6.45) is 0.491. The van der Waals surface area contributed by atoms with E-state index in [1.165, 1.54) is 36.4 Å². The molecule has 0 fully saturated rings. The summed E-state index contributed by atoms with van der Waals surface area (Å²) in [5.74, 6) is -1.12. The van der Waals surface area contributed by atoms with Crippen LogP contribution in [-0.4, -0.2) is 18.3 Å². The van der Waals surface area contributed by atoms with Crippen LogP contribution < -0.4 is 5.32 Å². The molecule has 0 heterocycles. The Bertz CT molecular complexity index is 751. The number of halogens is 3. The molecule has 0 saturated carbocycles. The zero-order valence-corrected chi connectivity index (χ0v) is 14.6. The maximum Gasteiger partial charge on any atom is 0.123 e. The van der Waals surface area contributed by atoms with Crippen molar-refractivity contribution in [3.05, 3.63) is 107 Å². The summed E-state index contributed by atoms with van der Waals surface area (Å²) in [6.45, 7) is 0.446. The minimum atomic E-state index is -0.954. The molecule has 0 bridgehead atoms. The van der Waals surface area contributed by atoms with Crippen LogP contribution in [0.15, 0.2) is 72.8 Å². The molecule has 2 N–H and O–H groups in total. The van der Waals surface area contributed by atoms with Gasteiger partial charge in [-0.05, 0) is 66.1 Å². The van der Waals surface area contributed by atoms with Crippen LogP contribution in [0.1, 0.15) is 23.1 Å². The predicted octanol–water partition coefficient (Wildman–Crippen LogP) is 4.37. The van der Waals surface area contributed by atoms with Gasteiger partial charge in [-0.15, -0.1) is 0 Å². The smallest absolute Gasteiger partial charge is 0.123 e. The molecule has 140 valence electrons. The number of benzene rings is 3. The molecule has 5 heteroatoms. The van der Waals surface area contributed by atoms with E-state index in [4.69, 9.17) is 0 Å². The Balaban J connectivity index is 2.23. The lowest BCUT2D eigenvalue weighted by atomic mass is 9.77. The van der Waals surface area contributed by atoms with Crippen molar-refractivity contribution >= 4 is 0 Å². The topological polar surface area (TPSA) is 32.3 Å². The third-order valence-corrected chi connectivity index (χ3v) is 4.56. The summed E-state index contributed by atoms with van der Waals surface area (Å²) in [6, 6.07) is 18.0. The van der Waals surface area contributed by atoms with Crippen molar-refractivity contribution in [2.75, 3.05) is 13.2 Å². The Labute approximate surface area is 156 Å². The minimum absolute atomic E-state index is 0.000661. The van der Waals surface area contributed by atoms with Gasteiger partial charge >= 0.3 is 0 Å². The van der Waals surface area contributed by atoms with Crippen LogP contribution in [0.2, 0.25) is 0 Å². The third-order valence-electron chi connectivity index (χ3n) is 4.56. The molecule has 3 aromatic rings. The van der Waals surface area contributed by atoms with Gasteiger partial charge < -0.3 is 5.11 Å². The Kier molecular flexibility index (Phi) is 5.94. The monoisotopic (exact) mass is 371 g/mol. The molecule has 3 rings (SSSR count). The highest BCUT2D eigenvalue weighted by Crippen LogP contribution is 2.37. The molecule has 0 amide bonds. The molecular formula is C22H20F3NO.